The van der Waals surface area contributed by atoms with E-state index in [-0.39, 0.29) is 5.91 Å². The van der Waals surface area contributed by atoms with E-state index in [4.69, 9.17) is 14.3 Å². The number of hydrogen-bond donors (Lipinski definition) is 1. The van der Waals surface area contributed by atoms with E-state index in [1.165, 1.54) is 0 Å². The highest BCUT2D eigenvalue weighted by Gasteiger charge is 2.44. The third kappa shape index (κ3) is 5.03. The molecule has 0 spiro atoms. The summed E-state index contributed by atoms with van der Waals surface area (Å²) in [5.41, 5.74) is 0.730. The highest BCUT2D eigenvalue weighted by molar-refractivity contribution is 5.95. The van der Waals surface area contributed by atoms with Gasteiger partial charge in [-0.1, -0.05) is 13.8 Å². The van der Waals surface area contributed by atoms with Crippen molar-refractivity contribution in [3.8, 4) is 0 Å². The Morgan fingerprint density at radius 3 is 2.33 bits per heavy atom. The van der Waals surface area contributed by atoms with Crippen LogP contribution in [0.15, 0.2) is 16.7 Å². The maximum absolute atomic E-state index is 12.6. The lowest BCUT2D eigenvalue weighted by Crippen LogP contribution is -2.40. The van der Waals surface area contributed by atoms with Crippen molar-refractivity contribution in [1.29, 1.82) is 0 Å². The second-order valence-corrected chi connectivity index (χ2v) is 7.29. The minimum atomic E-state index is -5.08. The second-order valence-electron chi connectivity index (χ2n) is 7.29. The van der Waals surface area contributed by atoms with Crippen molar-refractivity contribution in [2.45, 2.75) is 51.9 Å². The minimum Gasteiger partial charge on any atom is -0.475 e. The van der Waals surface area contributed by atoms with Gasteiger partial charge in [-0.25, -0.2) is 4.79 Å². The number of halogens is 3. The number of amides is 1. The Morgan fingerprint density at radius 1 is 1.26 bits per heavy atom. The molecule has 0 radical (unpaired) electrons. The van der Waals surface area contributed by atoms with Crippen LogP contribution in [0.2, 0.25) is 0 Å². The summed E-state index contributed by atoms with van der Waals surface area (Å²) in [4.78, 5) is 26.2. The molecular formula is C18H25F3N2O4. The van der Waals surface area contributed by atoms with Gasteiger partial charge < -0.3 is 14.4 Å². The zero-order chi connectivity index (χ0) is 20.4. The largest absolute Gasteiger partial charge is 0.490 e. The van der Waals surface area contributed by atoms with Crippen LogP contribution in [0, 0.1) is 12.8 Å². The van der Waals surface area contributed by atoms with Crippen molar-refractivity contribution >= 4 is 11.9 Å². The van der Waals surface area contributed by atoms with Crippen LogP contribution in [-0.2, 0) is 4.79 Å². The van der Waals surface area contributed by atoms with E-state index in [0.29, 0.717) is 18.0 Å². The van der Waals surface area contributed by atoms with E-state index >= 15 is 0 Å². The van der Waals surface area contributed by atoms with E-state index in [0.717, 1.165) is 43.8 Å². The minimum absolute atomic E-state index is 0.148. The van der Waals surface area contributed by atoms with Crippen LogP contribution in [0.25, 0.3) is 0 Å². The summed E-state index contributed by atoms with van der Waals surface area (Å²) in [6.45, 7) is 9.55. The predicted molar refractivity (Wildman–Crippen MR) is 91.4 cm³/mol. The number of carboxylic acids is 1. The van der Waals surface area contributed by atoms with E-state index in [1.54, 1.807) is 12.3 Å². The van der Waals surface area contributed by atoms with Crippen molar-refractivity contribution in [2.24, 2.45) is 5.92 Å². The molecule has 2 saturated heterocycles. The standard InChI is InChI=1S/C16H24N2O2.C2HF3O2/c1-11(2)10-17-7-4-15-14(17)5-8-18(15)16(19)13-6-9-20-12(13)3;3-2(4,5)1(6)7/h6,9,11,14-15H,4-5,7-8,10H2,1-3H3;(H,6,7)/t14-,15+;/m0./s1. The van der Waals surface area contributed by atoms with Gasteiger partial charge in [0.2, 0.25) is 0 Å². The first kappa shape index (κ1) is 21.3. The Hall–Kier alpha value is -2.03. The third-order valence-electron chi connectivity index (χ3n) is 4.88. The van der Waals surface area contributed by atoms with Gasteiger partial charge in [-0.05, 0) is 31.7 Å². The molecule has 9 heteroatoms. The second kappa shape index (κ2) is 8.33. The van der Waals surface area contributed by atoms with E-state index in [2.05, 4.69) is 23.6 Å². The molecule has 3 heterocycles. The van der Waals surface area contributed by atoms with Crippen molar-refractivity contribution in [2.75, 3.05) is 19.6 Å². The Balaban J connectivity index is 0.000000321. The summed E-state index contributed by atoms with van der Waals surface area (Å²) in [5, 5.41) is 7.12. The Bertz CT molecular complexity index is 672. The summed E-state index contributed by atoms with van der Waals surface area (Å²) in [5.74, 6) is -1.19. The van der Waals surface area contributed by atoms with Gasteiger partial charge in [0.05, 0.1) is 11.8 Å². The number of furan rings is 1. The molecule has 1 N–H and O–H groups in total. The fraction of sp³-hybridized carbons (Fsp3) is 0.667. The Labute approximate surface area is 155 Å². The lowest BCUT2D eigenvalue weighted by atomic mass is 10.1. The van der Waals surface area contributed by atoms with E-state index in [1.807, 2.05) is 6.92 Å². The lowest BCUT2D eigenvalue weighted by Gasteiger charge is -2.26. The van der Waals surface area contributed by atoms with Crippen molar-refractivity contribution in [1.82, 2.24) is 9.80 Å². The maximum atomic E-state index is 12.6. The molecule has 3 rings (SSSR count). The van der Waals surface area contributed by atoms with Gasteiger partial charge in [0.25, 0.3) is 5.91 Å². The monoisotopic (exact) mass is 390 g/mol. The number of aryl methyl sites for hydroxylation is 1. The summed E-state index contributed by atoms with van der Waals surface area (Å²) in [7, 11) is 0. The molecule has 27 heavy (non-hydrogen) atoms. The van der Waals surface area contributed by atoms with Gasteiger partial charge in [0.15, 0.2) is 0 Å². The number of alkyl halides is 3. The lowest BCUT2D eigenvalue weighted by molar-refractivity contribution is -0.192. The van der Waals surface area contributed by atoms with Crippen molar-refractivity contribution < 1.29 is 32.3 Å². The number of carbonyl (C=O) groups is 2. The third-order valence-corrected chi connectivity index (χ3v) is 4.88. The summed E-state index contributed by atoms with van der Waals surface area (Å²) >= 11 is 0. The van der Waals surface area contributed by atoms with E-state index < -0.39 is 12.1 Å². The number of rotatable bonds is 3. The van der Waals surface area contributed by atoms with Gasteiger partial charge in [-0.15, -0.1) is 0 Å². The highest BCUT2D eigenvalue weighted by atomic mass is 19.4. The highest BCUT2D eigenvalue weighted by Crippen LogP contribution is 2.33. The Morgan fingerprint density at radius 2 is 1.85 bits per heavy atom. The molecule has 2 atom stereocenters. The molecule has 2 fully saturated rings. The molecule has 1 amide bonds. The average Bonchev–Trinajstić information content (AvgIpc) is 3.23. The molecular weight excluding hydrogens is 365 g/mol. The maximum Gasteiger partial charge on any atom is 0.490 e. The number of nitrogens with zero attached hydrogens (tertiary/aromatic N) is 2. The molecule has 152 valence electrons. The van der Waals surface area contributed by atoms with Crippen molar-refractivity contribution in [3.05, 3.63) is 23.7 Å². The first-order chi connectivity index (χ1) is 12.5. The van der Waals surface area contributed by atoms with Gasteiger partial charge in [0.1, 0.15) is 5.76 Å². The fourth-order valence-electron chi connectivity index (χ4n) is 3.78. The van der Waals surface area contributed by atoms with Gasteiger partial charge >= 0.3 is 12.1 Å². The number of fused-ring (bicyclic) bond motifs is 1. The number of hydrogen-bond acceptors (Lipinski definition) is 4. The van der Waals surface area contributed by atoms with Crippen molar-refractivity contribution in [3.63, 3.8) is 0 Å². The fourth-order valence-corrected chi connectivity index (χ4v) is 3.78. The molecule has 6 nitrogen and oxygen atoms in total. The molecule has 1 aromatic rings. The normalized spacial score (nSPS) is 22.6. The van der Waals surface area contributed by atoms with Crippen LogP contribution >= 0.6 is 0 Å². The molecule has 1 aromatic heterocycles. The summed E-state index contributed by atoms with van der Waals surface area (Å²) in [6.07, 6.45) is -1.25. The number of aliphatic carboxylic acids is 1. The quantitative estimate of drug-likeness (QED) is 0.858. The molecule has 0 bridgehead atoms. The topological polar surface area (TPSA) is 74.0 Å². The number of carboxylic acid groups (broad SMARTS) is 1. The van der Waals surface area contributed by atoms with Crippen LogP contribution in [0.5, 0.6) is 0 Å². The van der Waals surface area contributed by atoms with Gasteiger partial charge in [-0.2, -0.15) is 13.2 Å². The molecule has 0 saturated carbocycles. The first-order valence-electron chi connectivity index (χ1n) is 8.91. The Kier molecular flexibility index (Phi) is 6.56. The molecule has 0 aromatic carbocycles. The smallest absolute Gasteiger partial charge is 0.475 e. The SMILES string of the molecule is Cc1occc1C(=O)N1CC[C@H]2[C@H]1CCN2CC(C)C.O=C(O)C(F)(F)F. The van der Waals surface area contributed by atoms with Crippen LogP contribution in [0.3, 0.4) is 0 Å². The molecule has 2 aliphatic heterocycles. The van der Waals surface area contributed by atoms with Gasteiger partial charge in [0, 0.05) is 31.7 Å². The first-order valence-corrected chi connectivity index (χ1v) is 8.91. The number of likely N-dealkylation sites (tertiary alicyclic amines) is 2. The average molecular weight is 390 g/mol. The number of carbonyl (C=O) groups excluding carboxylic acids is 1. The summed E-state index contributed by atoms with van der Waals surface area (Å²) in [6, 6.07) is 2.76. The molecule has 0 aliphatic carbocycles. The van der Waals surface area contributed by atoms with E-state index in [9.17, 15) is 18.0 Å². The van der Waals surface area contributed by atoms with Crippen LogP contribution < -0.4 is 0 Å². The van der Waals surface area contributed by atoms with Crippen LogP contribution in [-0.4, -0.2) is 64.7 Å². The summed E-state index contributed by atoms with van der Waals surface area (Å²) < 4.78 is 37.0. The van der Waals surface area contributed by atoms with Gasteiger partial charge in [-0.3, -0.25) is 9.69 Å². The molecule has 2 aliphatic rings. The zero-order valence-corrected chi connectivity index (χ0v) is 15.6. The zero-order valence-electron chi connectivity index (χ0n) is 15.6. The van der Waals surface area contributed by atoms with Crippen LogP contribution in [0.4, 0.5) is 13.2 Å². The predicted octanol–water partition coefficient (Wildman–Crippen LogP) is 3.17. The van der Waals surface area contributed by atoms with Crippen LogP contribution in [0.1, 0.15) is 42.8 Å². The molecule has 0 unspecified atom stereocenters.